The molecular formula is C35H31FN4O5S. The first kappa shape index (κ1) is 29.9. The third kappa shape index (κ3) is 5.38. The molecule has 0 bridgehead atoms. The molecule has 46 heavy (non-hydrogen) atoms. The molecule has 1 unspecified atom stereocenters. The maximum Gasteiger partial charge on any atom is 0.255 e. The van der Waals surface area contributed by atoms with Gasteiger partial charge in [-0.15, -0.1) is 11.8 Å². The minimum Gasteiger partial charge on any atom is -0.354 e. The Morgan fingerprint density at radius 3 is 2.59 bits per heavy atom. The molecule has 1 atom stereocenters. The number of nitrogens with one attached hydrogen (secondary N) is 2. The van der Waals surface area contributed by atoms with Crippen LogP contribution in [-0.2, 0) is 33.9 Å². The van der Waals surface area contributed by atoms with Gasteiger partial charge in [-0.25, -0.2) is 4.39 Å². The van der Waals surface area contributed by atoms with Gasteiger partial charge in [0.15, 0.2) is 5.78 Å². The van der Waals surface area contributed by atoms with E-state index in [2.05, 4.69) is 10.3 Å². The number of H-pyrrole nitrogens is 1. The normalized spacial score (nSPS) is 17.7. The monoisotopic (exact) mass is 638 g/mol. The van der Waals surface area contributed by atoms with E-state index in [1.807, 2.05) is 30.3 Å². The number of amides is 4. The second kappa shape index (κ2) is 11.9. The van der Waals surface area contributed by atoms with Gasteiger partial charge in [0.1, 0.15) is 11.9 Å². The van der Waals surface area contributed by atoms with E-state index < -0.39 is 17.8 Å². The van der Waals surface area contributed by atoms with Crippen LogP contribution >= 0.6 is 11.8 Å². The van der Waals surface area contributed by atoms with Crippen molar-refractivity contribution in [3.05, 3.63) is 88.2 Å². The Morgan fingerprint density at radius 1 is 1.00 bits per heavy atom. The Labute approximate surface area is 268 Å². The first-order valence-corrected chi connectivity index (χ1v) is 16.3. The van der Waals surface area contributed by atoms with Gasteiger partial charge in [-0.1, -0.05) is 30.3 Å². The van der Waals surface area contributed by atoms with E-state index in [4.69, 9.17) is 0 Å². The first-order valence-electron chi connectivity index (χ1n) is 15.3. The largest absolute Gasteiger partial charge is 0.354 e. The second-order valence-corrected chi connectivity index (χ2v) is 13.1. The van der Waals surface area contributed by atoms with Crippen molar-refractivity contribution in [2.75, 3.05) is 12.8 Å². The van der Waals surface area contributed by atoms with E-state index in [0.717, 1.165) is 44.7 Å². The summed E-state index contributed by atoms with van der Waals surface area (Å²) in [4.78, 5) is 70.2. The number of Topliss-reactive ketones (excluding diaryl/α,β-unsaturated/α-hetero) is 1. The molecule has 1 aromatic heterocycles. The van der Waals surface area contributed by atoms with Gasteiger partial charge in [-0.2, -0.15) is 0 Å². The highest BCUT2D eigenvalue weighted by Crippen LogP contribution is 2.37. The molecule has 3 aliphatic rings. The number of fused-ring (bicyclic) bond motifs is 1. The lowest BCUT2D eigenvalue weighted by Gasteiger charge is -2.29. The van der Waals surface area contributed by atoms with Crippen molar-refractivity contribution in [3.8, 4) is 11.3 Å². The van der Waals surface area contributed by atoms with Crippen molar-refractivity contribution in [1.29, 1.82) is 0 Å². The highest BCUT2D eigenvalue weighted by Gasteiger charge is 2.40. The van der Waals surface area contributed by atoms with Gasteiger partial charge in [-0.05, 0) is 65.8 Å². The highest BCUT2D eigenvalue weighted by atomic mass is 32.2. The number of carbonyl (C=O) groups excluding carboxylic acids is 5. The van der Waals surface area contributed by atoms with E-state index in [9.17, 15) is 28.4 Å². The van der Waals surface area contributed by atoms with Crippen LogP contribution in [0.5, 0.6) is 0 Å². The van der Waals surface area contributed by atoms with Gasteiger partial charge in [0.25, 0.3) is 5.91 Å². The number of aromatic amines is 1. The Bertz CT molecular complexity index is 1950. The second-order valence-electron chi connectivity index (χ2n) is 12.0. The molecule has 2 aliphatic heterocycles. The van der Waals surface area contributed by atoms with Crippen LogP contribution in [0.15, 0.2) is 59.5 Å². The summed E-state index contributed by atoms with van der Waals surface area (Å²) in [6, 6.07) is 15.4. The predicted molar refractivity (Wildman–Crippen MR) is 171 cm³/mol. The fraction of sp³-hybridized carbons (Fsp3) is 0.286. The van der Waals surface area contributed by atoms with Gasteiger partial charge in [0, 0.05) is 65.6 Å². The molecule has 11 heteroatoms. The zero-order valence-electron chi connectivity index (χ0n) is 25.2. The summed E-state index contributed by atoms with van der Waals surface area (Å²) in [5.41, 5.74) is 6.16. The summed E-state index contributed by atoms with van der Waals surface area (Å²) in [6.07, 6.45) is 2.32. The number of hydrogen-bond acceptors (Lipinski definition) is 6. The van der Waals surface area contributed by atoms with Crippen molar-refractivity contribution < 1.29 is 28.4 Å². The fourth-order valence-corrected chi connectivity index (χ4v) is 7.75. The van der Waals surface area contributed by atoms with Crippen LogP contribution in [0, 0.1) is 5.82 Å². The molecule has 0 saturated carbocycles. The quantitative estimate of drug-likeness (QED) is 0.217. The number of piperidine rings is 1. The maximum absolute atomic E-state index is 14.3. The van der Waals surface area contributed by atoms with Crippen molar-refractivity contribution in [1.82, 2.24) is 20.1 Å². The van der Waals surface area contributed by atoms with Gasteiger partial charge in [-0.3, -0.25) is 29.3 Å². The molecule has 7 rings (SSSR count). The van der Waals surface area contributed by atoms with Crippen LogP contribution in [0.4, 0.5) is 4.39 Å². The Balaban J connectivity index is 1.01. The summed E-state index contributed by atoms with van der Waals surface area (Å²) in [5, 5.41) is 3.13. The van der Waals surface area contributed by atoms with Gasteiger partial charge < -0.3 is 14.8 Å². The molecule has 2 N–H and O–H groups in total. The van der Waals surface area contributed by atoms with Crippen LogP contribution in [0.2, 0.25) is 0 Å². The van der Waals surface area contributed by atoms with Crippen LogP contribution in [0.1, 0.15) is 63.1 Å². The number of imide groups is 1. The van der Waals surface area contributed by atoms with E-state index in [1.165, 1.54) is 28.8 Å². The molecular weight excluding hydrogens is 607 g/mol. The number of aromatic nitrogens is 1. The van der Waals surface area contributed by atoms with Crippen LogP contribution in [-0.4, -0.2) is 63.0 Å². The molecule has 1 saturated heterocycles. The smallest absolute Gasteiger partial charge is 0.255 e. The van der Waals surface area contributed by atoms with Crippen molar-refractivity contribution in [3.63, 3.8) is 0 Å². The average molecular weight is 639 g/mol. The summed E-state index contributed by atoms with van der Waals surface area (Å²) in [6.45, 7) is 0.655. The lowest BCUT2D eigenvalue weighted by molar-refractivity contribution is -0.137. The number of benzene rings is 3. The predicted octanol–water partition coefficient (Wildman–Crippen LogP) is 5.00. The number of carbonyl (C=O) groups is 5. The number of thioether (sulfide) groups is 1. The molecule has 3 aromatic carbocycles. The van der Waals surface area contributed by atoms with Gasteiger partial charge in [0.05, 0.1) is 5.75 Å². The van der Waals surface area contributed by atoms with E-state index in [0.29, 0.717) is 42.5 Å². The lowest BCUT2D eigenvalue weighted by Crippen LogP contribution is -2.52. The van der Waals surface area contributed by atoms with Gasteiger partial charge in [0.2, 0.25) is 17.7 Å². The molecule has 234 valence electrons. The summed E-state index contributed by atoms with van der Waals surface area (Å²) < 4.78 is 14.3. The number of hydrogen-bond donors (Lipinski definition) is 2. The number of rotatable bonds is 7. The highest BCUT2D eigenvalue weighted by molar-refractivity contribution is 8.00. The van der Waals surface area contributed by atoms with Crippen LogP contribution in [0.3, 0.4) is 0 Å². The molecule has 3 heterocycles. The number of aryl methyl sites for hydroxylation is 1. The number of ketones is 1. The number of nitrogens with zero attached hydrogens (tertiary/aromatic N) is 2. The van der Waals surface area contributed by atoms with Crippen LogP contribution in [0.25, 0.3) is 22.2 Å². The third-order valence-electron chi connectivity index (χ3n) is 9.08. The van der Waals surface area contributed by atoms with E-state index in [1.54, 1.807) is 24.1 Å². The third-order valence-corrected chi connectivity index (χ3v) is 10.2. The molecule has 0 radical (unpaired) electrons. The molecule has 1 fully saturated rings. The topological polar surface area (TPSA) is 120 Å². The van der Waals surface area contributed by atoms with Gasteiger partial charge >= 0.3 is 0 Å². The van der Waals surface area contributed by atoms with E-state index in [-0.39, 0.29) is 42.2 Å². The minimum absolute atomic E-state index is 0.0330. The SMILES string of the molecule is CN(Cc1ccc(-c2[nH]c3cc(F)cc4c3c2CCCC4=O)cc1)C(=O)CSc1cccc2c1CN(C1CCC(=O)NC1=O)C2=O. The van der Waals surface area contributed by atoms with Crippen molar-refractivity contribution in [2.45, 2.75) is 56.1 Å². The molecule has 9 nitrogen and oxygen atoms in total. The summed E-state index contributed by atoms with van der Waals surface area (Å²) in [5.74, 6) is -1.39. The maximum atomic E-state index is 14.3. The Morgan fingerprint density at radius 2 is 1.80 bits per heavy atom. The Kier molecular flexibility index (Phi) is 7.72. The molecule has 4 amide bonds. The minimum atomic E-state index is -0.691. The number of halogens is 1. The summed E-state index contributed by atoms with van der Waals surface area (Å²) >= 11 is 1.36. The van der Waals surface area contributed by atoms with Crippen LogP contribution < -0.4 is 5.32 Å². The first-order chi connectivity index (χ1) is 22.2. The molecule has 0 spiro atoms. The summed E-state index contributed by atoms with van der Waals surface area (Å²) in [7, 11) is 1.75. The fourth-order valence-electron chi connectivity index (χ4n) is 6.72. The standard InChI is InChI=1S/C35H31FN4O5S/c1-39(31(43)18-46-29-7-3-4-22-25(29)17-40(35(22)45)27-12-13-30(42)38-34(27)44)16-19-8-10-20(11-9-19)33-23-5-2-6-28(41)24-14-21(36)15-26(37-33)32(23)24/h3-4,7-11,14-15,27,37H,2,5-6,12-13,16-18H2,1H3,(H,38,42,44). The zero-order chi connectivity index (χ0) is 32.1. The lowest BCUT2D eigenvalue weighted by atomic mass is 9.99. The van der Waals surface area contributed by atoms with Crippen molar-refractivity contribution in [2.24, 2.45) is 0 Å². The molecule has 1 aliphatic carbocycles. The molecule has 4 aromatic rings. The zero-order valence-corrected chi connectivity index (χ0v) is 26.0. The van der Waals surface area contributed by atoms with Crippen molar-refractivity contribution >= 4 is 52.1 Å². The van der Waals surface area contributed by atoms with E-state index >= 15 is 0 Å². The Hall–Kier alpha value is -4.77. The average Bonchev–Trinajstić information content (AvgIpc) is 3.51.